The fraction of sp³-hybridized carbons (Fsp3) is 0.400. The first kappa shape index (κ1) is 8.06. The molecule has 1 heterocycles. The lowest BCUT2D eigenvalue weighted by atomic mass is 10.3. The highest BCUT2D eigenvalue weighted by atomic mass is 32.2. The van der Waals surface area contributed by atoms with Crippen LogP contribution < -0.4 is 4.72 Å². The third-order valence-corrected chi connectivity index (χ3v) is 2.32. The lowest BCUT2D eigenvalue weighted by Crippen LogP contribution is -2.27. The number of nitrogens with zero attached hydrogens (tertiary/aromatic N) is 1. The molecule has 62 valence electrons. The van der Waals surface area contributed by atoms with Crippen molar-refractivity contribution in [1.29, 1.82) is 0 Å². The first-order valence-corrected chi connectivity index (χ1v) is 4.36. The number of rotatable bonds is 0. The van der Waals surface area contributed by atoms with E-state index >= 15 is 0 Å². The van der Waals surface area contributed by atoms with E-state index in [4.69, 9.17) is 5.11 Å². The van der Waals surface area contributed by atoms with Crippen molar-refractivity contribution in [3.8, 4) is 0 Å². The lowest BCUT2D eigenvalue weighted by molar-refractivity contribution is 0.431. The van der Waals surface area contributed by atoms with Crippen LogP contribution in [0.3, 0.4) is 0 Å². The normalized spacial score (nSPS) is 22.5. The molecule has 1 aliphatic rings. The van der Waals surface area contributed by atoms with Gasteiger partial charge in [0, 0.05) is 0 Å². The molecule has 0 saturated heterocycles. The van der Waals surface area contributed by atoms with E-state index in [-0.39, 0.29) is 17.2 Å². The van der Waals surface area contributed by atoms with Gasteiger partial charge < -0.3 is 5.11 Å². The van der Waals surface area contributed by atoms with E-state index in [1.54, 1.807) is 0 Å². The van der Waals surface area contributed by atoms with E-state index in [1.165, 1.54) is 13.8 Å². The molecule has 0 aliphatic carbocycles. The van der Waals surface area contributed by atoms with E-state index in [9.17, 15) is 8.42 Å². The SMILES string of the molecule is CC1=NS(=O)(=O)NC(C)=C1O. The molecule has 2 N–H and O–H groups in total. The second-order valence-corrected chi connectivity index (χ2v) is 3.56. The number of allylic oxidation sites excluding steroid dienone is 2. The van der Waals surface area contributed by atoms with E-state index in [0.29, 0.717) is 0 Å². The second-order valence-electron chi connectivity index (χ2n) is 2.23. The molecule has 0 spiro atoms. The quantitative estimate of drug-likeness (QED) is 0.548. The summed E-state index contributed by atoms with van der Waals surface area (Å²) in [5, 5.41) is 9.10. The van der Waals surface area contributed by atoms with Gasteiger partial charge in [-0.05, 0) is 13.8 Å². The Balaban J connectivity index is 3.22. The van der Waals surface area contributed by atoms with Crippen molar-refractivity contribution in [3.63, 3.8) is 0 Å². The fourth-order valence-corrected chi connectivity index (χ4v) is 1.74. The van der Waals surface area contributed by atoms with Gasteiger partial charge in [0.05, 0.1) is 11.4 Å². The molecule has 11 heavy (non-hydrogen) atoms. The Labute approximate surface area is 64.6 Å². The Hall–Kier alpha value is -1.04. The van der Waals surface area contributed by atoms with Gasteiger partial charge >= 0.3 is 10.2 Å². The van der Waals surface area contributed by atoms with Crippen LogP contribution in [0.5, 0.6) is 0 Å². The number of hydrogen-bond donors (Lipinski definition) is 2. The van der Waals surface area contributed by atoms with Gasteiger partial charge in [0.1, 0.15) is 0 Å². The minimum Gasteiger partial charge on any atom is -0.504 e. The number of nitrogens with one attached hydrogen (secondary N) is 1. The second kappa shape index (κ2) is 2.23. The molecule has 0 fully saturated rings. The molecule has 0 saturated carbocycles. The molecule has 6 heteroatoms. The molecule has 0 aromatic heterocycles. The Kier molecular flexibility index (Phi) is 1.63. The van der Waals surface area contributed by atoms with Gasteiger partial charge in [0.15, 0.2) is 5.76 Å². The van der Waals surface area contributed by atoms with Crippen LogP contribution >= 0.6 is 0 Å². The van der Waals surface area contributed by atoms with Crippen LogP contribution in [0.15, 0.2) is 15.9 Å². The van der Waals surface area contributed by atoms with Gasteiger partial charge in [-0.3, -0.25) is 4.72 Å². The number of aliphatic hydroxyl groups is 1. The summed E-state index contributed by atoms with van der Waals surface area (Å²) in [6.07, 6.45) is 0. The van der Waals surface area contributed by atoms with Gasteiger partial charge in [-0.15, -0.1) is 4.40 Å². The summed E-state index contributed by atoms with van der Waals surface area (Å²) < 4.78 is 26.8. The first-order valence-electron chi connectivity index (χ1n) is 2.92. The van der Waals surface area contributed by atoms with Gasteiger partial charge in [-0.25, -0.2) is 0 Å². The van der Waals surface area contributed by atoms with E-state index in [0.717, 1.165) is 0 Å². The zero-order valence-electron chi connectivity index (χ0n) is 6.12. The van der Waals surface area contributed by atoms with Crippen LogP contribution in [0.2, 0.25) is 0 Å². The van der Waals surface area contributed by atoms with Crippen LogP contribution in [-0.4, -0.2) is 19.2 Å². The van der Waals surface area contributed by atoms with Crippen LogP contribution in [0.25, 0.3) is 0 Å². The topological polar surface area (TPSA) is 78.8 Å². The molecule has 1 aliphatic heterocycles. The van der Waals surface area contributed by atoms with Crippen molar-refractivity contribution in [2.75, 3.05) is 0 Å². The molecule has 1 rings (SSSR count). The Morgan fingerprint density at radius 3 is 2.45 bits per heavy atom. The third-order valence-electron chi connectivity index (χ3n) is 1.24. The van der Waals surface area contributed by atoms with Crippen molar-refractivity contribution in [2.24, 2.45) is 4.40 Å². The molecule has 0 atom stereocenters. The number of hydrogen-bond acceptors (Lipinski definition) is 3. The largest absolute Gasteiger partial charge is 0.504 e. The molecule has 0 radical (unpaired) electrons. The highest BCUT2D eigenvalue weighted by Crippen LogP contribution is 2.09. The Morgan fingerprint density at radius 2 is 2.00 bits per heavy atom. The summed E-state index contributed by atoms with van der Waals surface area (Å²) in [4.78, 5) is 0. The van der Waals surface area contributed by atoms with Crippen molar-refractivity contribution < 1.29 is 13.5 Å². The third kappa shape index (κ3) is 1.51. The smallest absolute Gasteiger partial charge is 0.342 e. The predicted octanol–water partition coefficient (Wildman–Crippen LogP) is 0.0848. The van der Waals surface area contributed by atoms with Crippen LogP contribution in [-0.2, 0) is 10.2 Å². The minimum absolute atomic E-state index is 0.111. The van der Waals surface area contributed by atoms with E-state index < -0.39 is 10.2 Å². The summed E-state index contributed by atoms with van der Waals surface area (Å²) >= 11 is 0. The van der Waals surface area contributed by atoms with E-state index in [1.807, 2.05) is 0 Å². The van der Waals surface area contributed by atoms with Gasteiger partial charge in [0.2, 0.25) is 0 Å². The average molecular weight is 176 g/mol. The molecular weight excluding hydrogens is 168 g/mol. The van der Waals surface area contributed by atoms with Gasteiger partial charge in [0.25, 0.3) is 0 Å². The van der Waals surface area contributed by atoms with Crippen molar-refractivity contribution in [2.45, 2.75) is 13.8 Å². The highest BCUT2D eigenvalue weighted by molar-refractivity contribution is 7.88. The average Bonchev–Trinajstić information content (AvgIpc) is 1.81. The minimum atomic E-state index is -3.59. The molecule has 0 bridgehead atoms. The summed E-state index contributed by atoms with van der Waals surface area (Å²) in [7, 11) is -3.59. The van der Waals surface area contributed by atoms with Crippen molar-refractivity contribution >= 4 is 15.9 Å². The van der Waals surface area contributed by atoms with Gasteiger partial charge in [-0.1, -0.05) is 0 Å². The Bertz CT molecular complexity index is 339. The molecule has 5 nitrogen and oxygen atoms in total. The maximum absolute atomic E-state index is 10.8. The number of aliphatic hydroxyl groups excluding tert-OH is 1. The lowest BCUT2D eigenvalue weighted by Gasteiger charge is -2.12. The highest BCUT2D eigenvalue weighted by Gasteiger charge is 2.18. The fourth-order valence-electron chi connectivity index (χ4n) is 0.759. The summed E-state index contributed by atoms with van der Waals surface area (Å²) in [6, 6.07) is 0. The van der Waals surface area contributed by atoms with Crippen LogP contribution in [0, 0.1) is 0 Å². The van der Waals surface area contributed by atoms with Gasteiger partial charge in [-0.2, -0.15) is 8.42 Å². The zero-order valence-corrected chi connectivity index (χ0v) is 6.94. The molecule has 0 unspecified atom stereocenters. The predicted molar refractivity (Wildman–Crippen MR) is 40.5 cm³/mol. The molecule has 0 aromatic rings. The standard InChI is InChI=1S/C5H8N2O3S/c1-3-5(8)4(2)7-11(9,10)6-3/h6,8H,1-2H3. The monoisotopic (exact) mass is 176 g/mol. The summed E-state index contributed by atoms with van der Waals surface area (Å²) in [5.41, 5.74) is 0.318. The zero-order chi connectivity index (χ0) is 8.65. The summed E-state index contributed by atoms with van der Waals surface area (Å²) in [6.45, 7) is 2.89. The summed E-state index contributed by atoms with van der Waals surface area (Å²) in [5.74, 6) is -0.111. The van der Waals surface area contributed by atoms with Crippen LogP contribution in [0.1, 0.15) is 13.8 Å². The molecule has 0 amide bonds. The Morgan fingerprint density at radius 1 is 1.45 bits per heavy atom. The maximum atomic E-state index is 10.8. The van der Waals surface area contributed by atoms with Crippen LogP contribution in [0.4, 0.5) is 0 Å². The molecular formula is C5H8N2O3S. The first-order chi connectivity index (χ1) is 4.92. The van der Waals surface area contributed by atoms with Crippen molar-refractivity contribution in [1.82, 2.24) is 4.72 Å². The van der Waals surface area contributed by atoms with Crippen molar-refractivity contribution in [3.05, 3.63) is 11.5 Å². The molecule has 0 aromatic carbocycles. The maximum Gasteiger partial charge on any atom is 0.342 e. The van der Waals surface area contributed by atoms with E-state index in [2.05, 4.69) is 9.12 Å².